The SMILES string of the molecule is CCCC1(C(=O)N[C@H]2c3ccccc3C[C@H]2O)CCCN1. The lowest BCUT2D eigenvalue weighted by Gasteiger charge is -2.30. The fourth-order valence-corrected chi connectivity index (χ4v) is 3.78. The molecule has 2 aliphatic rings. The van der Waals surface area contributed by atoms with Crippen molar-refractivity contribution in [3.63, 3.8) is 0 Å². The number of hydrogen-bond acceptors (Lipinski definition) is 3. The Balaban J connectivity index is 1.78. The van der Waals surface area contributed by atoms with Crippen LogP contribution in [0.15, 0.2) is 24.3 Å². The first-order valence-corrected chi connectivity index (χ1v) is 7.98. The Hall–Kier alpha value is -1.39. The van der Waals surface area contributed by atoms with E-state index in [9.17, 15) is 9.90 Å². The van der Waals surface area contributed by atoms with E-state index in [1.54, 1.807) is 0 Å². The van der Waals surface area contributed by atoms with Crippen molar-refractivity contribution >= 4 is 5.91 Å². The van der Waals surface area contributed by atoms with Crippen molar-refractivity contribution in [2.75, 3.05) is 6.54 Å². The van der Waals surface area contributed by atoms with E-state index in [1.165, 1.54) is 0 Å². The molecule has 0 bridgehead atoms. The summed E-state index contributed by atoms with van der Waals surface area (Å²) in [6.07, 6.45) is 3.85. The van der Waals surface area contributed by atoms with Crippen molar-refractivity contribution in [1.29, 1.82) is 0 Å². The van der Waals surface area contributed by atoms with Gasteiger partial charge < -0.3 is 15.7 Å². The molecule has 1 fully saturated rings. The average molecular weight is 288 g/mol. The highest BCUT2D eigenvalue weighted by Gasteiger charge is 2.42. The number of benzene rings is 1. The van der Waals surface area contributed by atoms with Gasteiger partial charge in [-0.25, -0.2) is 0 Å². The number of nitrogens with one attached hydrogen (secondary N) is 2. The van der Waals surface area contributed by atoms with Gasteiger partial charge in [-0.2, -0.15) is 0 Å². The lowest BCUT2D eigenvalue weighted by molar-refractivity contribution is -0.129. The lowest BCUT2D eigenvalue weighted by atomic mass is 9.90. The maximum Gasteiger partial charge on any atom is 0.240 e. The van der Waals surface area contributed by atoms with Gasteiger partial charge in [0.15, 0.2) is 0 Å². The van der Waals surface area contributed by atoms with Crippen LogP contribution in [-0.4, -0.2) is 29.2 Å². The van der Waals surface area contributed by atoms with E-state index < -0.39 is 11.6 Å². The van der Waals surface area contributed by atoms with Crippen molar-refractivity contribution < 1.29 is 9.90 Å². The van der Waals surface area contributed by atoms with Crippen molar-refractivity contribution in [3.05, 3.63) is 35.4 Å². The lowest BCUT2D eigenvalue weighted by Crippen LogP contribution is -2.54. The Morgan fingerprint density at radius 3 is 3.00 bits per heavy atom. The van der Waals surface area contributed by atoms with Crippen LogP contribution < -0.4 is 10.6 Å². The summed E-state index contributed by atoms with van der Waals surface area (Å²) in [4.78, 5) is 12.8. The molecule has 0 radical (unpaired) electrons. The first-order chi connectivity index (χ1) is 10.2. The second-order valence-electron chi connectivity index (χ2n) is 6.28. The minimum atomic E-state index is -0.522. The van der Waals surface area contributed by atoms with Gasteiger partial charge in [-0.05, 0) is 36.9 Å². The summed E-state index contributed by atoms with van der Waals surface area (Å²) < 4.78 is 0. The first kappa shape index (κ1) is 14.5. The Morgan fingerprint density at radius 2 is 2.29 bits per heavy atom. The molecule has 0 spiro atoms. The van der Waals surface area contributed by atoms with Crippen molar-refractivity contribution in [3.8, 4) is 0 Å². The number of amides is 1. The monoisotopic (exact) mass is 288 g/mol. The van der Waals surface area contributed by atoms with Crippen molar-refractivity contribution in [2.45, 2.75) is 56.7 Å². The van der Waals surface area contributed by atoms with Crippen LogP contribution in [0.3, 0.4) is 0 Å². The molecule has 0 aromatic heterocycles. The van der Waals surface area contributed by atoms with Crippen LogP contribution in [0, 0.1) is 0 Å². The number of carbonyl (C=O) groups excluding carboxylic acids is 1. The smallest absolute Gasteiger partial charge is 0.240 e. The number of aliphatic hydroxyl groups excluding tert-OH is 1. The zero-order valence-electron chi connectivity index (χ0n) is 12.6. The highest BCUT2D eigenvalue weighted by molar-refractivity contribution is 5.87. The van der Waals surface area contributed by atoms with Crippen LogP contribution in [0.5, 0.6) is 0 Å². The van der Waals surface area contributed by atoms with E-state index in [2.05, 4.69) is 17.6 Å². The third-order valence-electron chi connectivity index (χ3n) is 4.85. The highest BCUT2D eigenvalue weighted by atomic mass is 16.3. The molecule has 1 heterocycles. The van der Waals surface area contributed by atoms with Gasteiger partial charge in [-0.15, -0.1) is 0 Å². The maximum absolute atomic E-state index is 12.8. The van der Waals surface area contributed by atoms with Gasteiger partial charge in [0, 0.05) is 6.42 Å². The summed E-state index contributed by atoms with van der Waals surface area (Å²) in [6.45, 7) is 3.01. The predicted molar refractivity (Wildman–Crippen MR) is 81.9 cm³/mol. The van der Waals surface area contributed by atoms with E-state index in [4.69, 9.17) is 0 Å². The highest BCUT2D eigenvalue weighted by Crippen LogP contribution is 2.33. The minimum absolute atomic E-state index is 0.0441. The van der Waals surface area contributed by atoms with Crippen LogP contribution in [0.2, 0.25) is 0 Å². The summed E-state index contributed by atoms with van der Waals surface area (Å²) in [5.41, 5.74) is 1.76. The van der Waals surface area contributed by atoms with Gasteiger partial charge in [0.1, 0.15) is 0 Å². The van der Waals surface area contributed by atoms with Crippen LogP contribution in [0.1, 0.15) is 49.8 Å². The van der Waals surface area contributed by atoms with Gasteiger partial charge in [-0.1, -0.05) is 37.6 Å². The van der Waals surface area contributed by atoms with Crippen LogP contribution in [-0.2, 0) is 11.2 Å². The number of hydrogen-bond donors (Lipinski definition) is 3. The molecule has 4 heteroatoms. The quantitative estimate of drug-likeness (QED) is 0.790. The standard InChI is InChI=1S/C17H24N2O2/c1-2-8-17(9-5-10-18-17)16(21)19-15-13-7-4-3-6-12(13)11-14(15)20/h3-4,6-7,14-15,18,20H,2,5,8-11H2,1H3,(H,19,21)/t14-,15+,17?/m1/s1. The summed E-state index contributed by atoms with van der Waals surface area (Å²) in [5, 5.41) is 16.8. The van der Waals surface area contributed by atoms with Crippen LogP contribution >= 0.6 is 0 Å². The normalized spacial score (nSPS) is 31.1. The van der Waals surface area contributed by atoms with E-state index in [0.29, 0.717) is 6.42 Å². The third kappa shape index (κ3) is 2.58. The number of fused-ring (bicyclic) bond motifs is 1. The summed E-state index contributed by atoms with van der Waals surface area (Å²) in [5.74, 6) is 0.0441. The fourth-order valence-electron chi connectivity index (χ4n) is 3.78. The van der Waals surface area contributed by atoms with Crippen LogP contribution in [0.25, 0.3) is 0 Å². The molecule has 21 heavy (non-hydrogen) atoms. The molecule has 1 aromatic carbocycles. The molecular weight excluding hydrogens is 264 g/mol. The van der Waals surface area contributed by atoms with Gasteiger partial charge in [-0.3, -0.25) is 4.79 Å². The van der Waals surface area contributed by atoms with Gasteiger partial charge in [0.05, 0.1) is 17.7 Å². The molecule has 3 N–H and O–H groups in total. The molecule has 1 aliphatic heterocycles. The Morgan fingerprint density at radius 1 is 1.48 bits per heavy atom. The van der Waals surface area contributed by atoms with E-state index in [1.807, 2.05) is 24.3 Å². The number of carbonyl (C=O) groups is 1. The Kier molecular flexibility index (Phi) is 4.00. The van der Waals surface area contributed by atoms with E-state index >= 15 is 0 Å². The fraction of sp³-hybridized carbons (Fsp3) is 0.588. The number of aliphatic hydroxyl groups is 1. The molecule has 3 atom stereocenters. The maximum atomic E-state index is 12.8. The molecule has 1 aromatic rings. The van der Waals surface area contributed by atoms with Crippen molar-refractivity contribution in [1.82, 2.24) is 10.6 Å². The second kappa shape index (κ2) is 5.78. The molecule has 4 nitrogen and oxygen atoms in total. The van der Waals surface area contributed by atoms with Gasteiger partial charge >= 0.3 is 0 Å². The van der Waals surface area contributed by atoms with E-state index in [0.717, 1.165) is 43.4 Å². The minimum Gasteiger partial charge on any atom is -0.390 e. The summed E-state index contributed by atoms with van der Waals surface area (Å²) >= 11 is 0. The van der Waals surface area contributed by atoms with Gasteiger partial charge in [0.25, 0.3) is 0 Å². The molecule has 1 aliphatic carbocycles. The van der Waals surface area contributed by atoms with Gasteiger partial charge in [0.2, 0.25) is 5.91 Å². The second-order valence-corrected chi connectivity index (χ2v) is 6.28. The zero-order valence-corrected chi connectivity index (χ0v) is 12.6. The molecular formula is C17H24N2O2. The zero-order chi connectivity index (χ0) is 14.9. The largest absolute Gasteiger partial charge is 0.390 e. The van der Waals surface area contributed by atoms with Crippen molar-refractivity contribution in [2.24, 2.45) is 0 Å². The molecule has 1 unspecified atom stereocenters. The topological polar surface area (TPSA) is 61.4 Å². The molecule has 114 valence electrons. The molecule has 0 saturated carbocycles. The van der Waals surface area contributed by atoms with E-state index in [-0.39, 0.29) is 11.9 Å². The molecule has 1 amide bonds. The third-order valence-corrected chi connectivity index (χ3v) is 4.85. The average Bonchev–Trinajstić information content (AvgIpc) is 3.06. The Bertz CT molecular complexity index is 523. The summed E-state index contributed by atoms with van der Waals surface area (Å²) in [6, 6.07) is 7.70. The van der Waals surface area contributed by atoms with Crippen LogP contribution in [0.4, 0.5) is 0 Å². The molecule has 3 rings (SSSR count). The summed E-state index contributed by atoms with van der Waals surface area (Å²) in [7, 11) is 0. The first-order valence-electron chi connectivity index (χ1n) is 7.98. The Labute approximate surface area is 125 Å². The predicted octanol–water partition coefficient (Wildman–Crippen LogP) is 1.68. The molecule has 1 saturated heterocycles. The number of rotatable bonds is 4.